The van der Waals surface area contributed by atoms with E-state index in [0.717, 1.165) is 37.5 Å². The highest BCUT2D eigenvalue weighted by Crippen LogP contribution is 2.20. The van der Waals surface area contributed by atoms with E-state index in [9.17, 15) is 17.6 Å². The Kier molecular flexibility index (Phi) is 4.10. The molecule has 0 spiro atoms. The van der Waals surface area contributed by atoms with E-state index in [2.05, 4.69) is 0 Å². The van der Waals surface area contributed by atoms with Gasteiger partial charge in [-0.3, -0.25) is 4.79 Å². The molecule has 104 valence electrons. The minimum atomic E-state index is -4.05. The molecule has 0 unspecified atom stereocenters. The lowest BCUT2D eigenvalue weighted by atomic mass is 10.1. The minimum Gasteiger partial charge on any atom is -0.339 e. The Morgan fingerprint density at radius 1 is 1.16 bits per heavy atom. The van der Waals surface area contributed by atoms with E-state index in [4.69, 9.17) is 10.7 Å². The van der Waals surface area contributed by atoms with E-state index in [1.54, 1.807) is 4.90 Å². The van der Waals surface area contributed by atoms with E-state index in [-0.39, 0.29) is 11.5 Å². The van der Waals surface area contributed by atoms with Crippen molar-refractivity contribution in [1.82, 2.24) is 4.90 Å². The van der Waals surface area contributed by atoms with Crippen molar-refractivity contribution in [2.45, 2.75) is 24.2 Å². The van der Waals surface area contributed by atoms with Crippen molar-refractivity contribution in [1.29, 1.82) is 0 Å². The highest BCUT2D eigenvalue weighted by molar-refractivity contribution is 8.13. The highest BCUT2D eigenvalue weighted by Gasteiger charge is 2.21. The van der Waals surface area contributed by atoms with Crippen molar-refractivity contribution < 1.29 is 17.6 Å². The lowest BCUT2D eigenvalue weighted by Crippen LogP contribution is -2.35. The summed E-state index contributed by atoms with van der Waals surface area (Å²) < 4.78 is 35.8. The van der Waals surface area contributed by atoms with Crippen molar-refractivity contribution in [2.24, 2.45) is 0 Å². The van der Waals surface area contributed by atoms with Gasteiger partial charge in [0.1, 0.15) is 5.82 Å². The number of amides is 1. The number of benzene rings is 1. The number of halogens is 2. The maximum atomic E-state index is 13.4. The van der Waals surface area contributed by atoms with Crippen molar-refractivity contribution in [3.63, 3.8) is 0 Å². The summed E-state index contributed by atoms with van der Waals surface area (Å²) in [5.74, 6) is -1.15. The molecule has 1 aromatic carbocycles. The van der Waals surface area contributed by atoms with Gasteiger partial charge in [-0.2, -0.15) is 0 Å². The van der Waals surface area contributed by atoms with Gasteiger partial charge in [0.2, 0.25) is 0 Å². The van der Waals surface area contributed by atoms with Crippen LogP contribution in [0, 0.1) is 5.82 Å². The zero-order valence-corrected chi connectivity index (χ0v) is 11.7. The molecule has 7 heteroatoms. The largest absolute Gasteiger partial charge is 0.339 e. The summed E-state index contributed by atoms with van der Waals surface area (Å²) in [7, 11) is 1.12. The van der Waals surface area contributed by atoms with E-state index in [0.29, 0.717) is 13.1 Å². The van der Waals surface area contributed by atoms with Crippen LogP contribution in [-0.4, -0.2) is 32.3 Å². The molecule has 0 aromatic heterocycles. The maximum absolute atomic E-state index is 13.4. The molecule has 0 radical (unpaired) electrons. The lowest BCUT2D eigenvalue weighted by molar-refractivity contribution is 0.0723. The van der Waals surface area contributed by atoms with Crippen LogP contribution in [0.5, 0.6) is 0 Å². The molecule has 0 atom stereocenters. The van der Waals surface area contributed by atoms with Gasteiger partial charge in [0.05, 0.1) is 4.90 Å². The normalized spacial score (nSPS) is 16.4. The van der Waals surface area contributed by atoms with E-state index in [1.165, 1.54) is 0 Å². The molecule has 4 nitrogen and oxygen atoms in total. The molecule has 0 saturated carbocycles. The Bertz CT molecular complexity index is 597. The van der Waals surface area contributed by atoms with Crippen molar-refractivity contribution >= 4 is 25.6 Å². The molecule has 1 heterocycles. The van der Waals surface area contributed by atoms with Crippen LogP contribution >= 0.6 is 10.7 Å². The molecule has 2 rings (SSSR count). The number of carbonyl (C=O) groups excluding carboxylic acids is 1. The summed E-state index contributed by atoms with van der Waals surface area (Å²) >= 11 is 0. The van der Waals surface area contributed by atoms with Crippen LogP contribution in [0.15, 0.2) is 23.1 Å². The molecule has 0 bridgehead atoms. The molecule has 1 fully saturated rings. The first-order chi connectivity index (χ1) is 8.88. The Hall–Kier alpha value is -1.14. The third-order valence-corrected chi connectivity index (χ3v) is 4.38. The molecule has 1 aliphatic heterocycles. The van der Waals surface area contributed by atoms with E-state index < -0.39 is 19.8 Å². The average molecular weight is 306 g/mol. The van der Waals surface area contributed by atoms with Crippen LogP contribution in [0.1, 0.15) is 29.6 Å². The number of likely N-dealkylation sites (tertiary alicyclic amines) is 1. The molecule has 19 heavy (non-hydrogen) atoms. The summed E-state index contributed by atoms with van der Waals surface area (Å²) in [6, 6.07) is 2.94. The first-order valence-corrected chi connectivity index (χ1v) is 8.23. The molecule has 0 aliphatic carbocycles. The van der Waals surface area contributed by atoms with Crippen LogP contribution in [0.25, 0.3) is 0 Å². The molecule has 1 amide bonds. The fourth-order valence-electron chi connectivity index (χ4n) is 2.11. The molecular formula is C12H13ClFNO3S. The third kappa shape index (κ3) is 3.45. The smallest absolute Gasteiger partial charge is 0.261 e. The number of nitrogens with zero attached hydrogens (tertiary/aromatic N) is 1. The highest BCUT2D eigenvalue weighted by atomic mass is 35.7. The van der Waals surface area contributed by atoms with Crippen molar-refractivity contribution in [2.75, 3.05) is 13.1 Å². The van der Waals surface area contributed by atoms with Gasteiger partial charge < -0.3 is 4.90 Å². The monoisotopic (exact) mass is 305 g/mol. The number of carbonyl (C=O) groups is 1. The second kappa shape index (κ2) is 5.46. The topological polar surface area (TPSA) is 54.5 Å². The van der Waals surface area contributed by atoms with Crippen LogP contribution in [-0.2, 0) is 9.05 Å². The predicted octanol–water partition coefficient (Wildman–Crippen LogP) is 2.38. The molecular weight excluding hydrogens is 293 g/mol. The fourth-order valence-corrected chi connectivity index (χ4v) is 2.89. The molecule has 1 aromatic rings. The van der Waals surface area contributed by atoms with Crippen LogP contribution in [0.4, 0.5) is 4.39 Å². The van der Waals surface area contributed by atoms with E-state index in [1.807, 2.05) is 0 Å². The summed E-state index contributed by atoms with van der Waals surface area (Å²) in [6.07, 6.45) is 2.87. The summed E-state index contributed by atoms with van der Waals surface area (Å²) in [6.45, 7) is 1.22. The Balaban J connectivity index is 2.34. The van der Waals surface area contributed by atoms with Gasteiger partial charge in [-0.05, 0) is 37.5 Å². The van der Waals surface area contributed by atoms with Gasteiger partial charge in [-0.25, -0.2) is 12.8 Å². The van der Waals surface area contributed by atoms with Gasteiger partial charge >= 0.3 is 0 Å². The van der Waals surface area contributed by atoms with Gasteiger partial charge in [-0.1, -0.05) is 0 Å². The first kappa shape index (κ1) is 14.3. The van der Waals surface area contributed by atoms with Gasteiger partial charge in [0.25, 0.3) is 15.0 Å². The maximum Gasteiger partial charge on any atom is 0.261 e. The van der Waals surface area contributed by atoms with Crippen molar-refractivity contribution in [3.05, 3.63) is 29.6 Å². The quantitative estimate of drug-likeness (QED) is 0.788. The molecule has 0 N–H and O–H groups in total. The molecule has 1 aliphatic rings. The first-order valence-electron chi connectivity index (χ1n) is 5.92. The Morgan fingerprint density at radius 2 is 1.79 bits per heavy atom. The zero-order valence-electron chi connectivity index (χ0n) is 10.1. The van der Waals surface area contributed by atoms with Gasteiger partial charge in [0.15, 0.2) is 0 Å². The zero-order chi connectivity index (χ0) is 14.0. The lowest BCUT2D eigenvalue weighted by Gasteiger charge is -2.26. The number of rotatable bonds is 2. The molecule has 1 saturated heterocycles. The minimum absolute atomic E-state index is 0.0149. The van der Waals surface area contributed by atoms with Crippen LogP contribution < -0.4 is 0 Å². The number of hydrogen-bond donors (Lipinski definition) is 0. The Labute approximate surface area is 115 Å². The van der Waals surface area contributed by atoms with Crippen LogP contribution in [0.3, 0.4) is 0 Å². The summed E-state index contributed by atoms with van der Waals surface area (Å²) in [4.78, 5) is 13.4. The van der Waals surface area contributed by atoms with E-state index >= 15 is 0 Å². The average Bonchev–Trinajstić information content (AvgIpc) is 2.37. The summed E-state index contributed by atoms with van der Waals surface area (Å²) in [5, 5.41) is 0. The number of piperidine rings is 1. The number of hydrogen-bond acceptors (Lipinski definition) is 3. The fraction of sp³-hybridized carbons (Fsp3) is 0.417. The second-order valence-electron chi connectivity index (χ2n) is 4.47. The Morgan fingerprint density at radius 3 is 2.37 bits per heavy atom. The second-order valence-corrected chi connectivity index (χ2v) is 7.03. The third-order valence-electron chi connectivity index (χ3n) is 3.04. The summed E-state index contributed by atoms with van der Waals surface area (Å²) in [5.41, 5.74) is 0.0149. The van der Waals surface area contributed by atoms with Gasteiger partial charge in [0, 0.05) is 29.3 Å². The SMILES string of the molecule is O=C(c1cc(F)cc(S(=O)(=O)Cl)c1)N1CCCCC1. The van der Waals surface area contributed by atoms with Crippen molar-refractivity contribution in [3.8, 4) is 0 Å². The predicted molar refractivity (Wildman–Crippen MR) is 69.2 cm³/mol. The standard InChI is InChI=1S/C12H13ClFNO3S/c13-19(17,18)11-7-9(6-10(14)8-11)12(16)15-4-2-1-3-5-15/h6-8H,1-5H2. The van der Waals surface area contributed by atoms with Gasteiger partial charge in [-0.15, -0.1) is 0 Å². The van der Waals surface area contributed by atoms with Crippen LogP contribution in [0.2, 0.25) is 0 Å².